The number of allylic oxidation sites excluding steroid dienone is 3. The first kappa shape index (κ1) is 27.0. The molecular weight excluding hydrogens is 514 g/mol. The summed E-state index contributed by atoms with van der Waals surface area (Å²) < 4.78 is 2.09. The van der Waals surface area contributed by atoms with Crippen molar-refractivity contribution in [1.82, 2.24) is 24.3 Å². The van der Waals surface area contributed by atoms with Crippen molar-refractivity contribution >= 4 is 22.9 Å². The molecule has 5 heteroatoms. The fraction of sp³-hybridized carbons (Fsp3) is 0.135. The number of nitrogens with zero attached hydrogens (tertiary/aromatic N) is 5. The predicted octanol–water partition coefficient (Wildman–Crippen LogP) is 9.07. The minimum Gasteiger partial charge on any atom is -0.282 e. The summed E-state index contributed by atoms with van der Waals surface area (Å²) in [4.78, 5) is 20.2. The molecule has 0 unspecified atom stereocenters. The quantitative estimate of drug-likeness (QED) is 0.200. The number of aromatic nitrogens is 5. The molecule has 206 valence electrons. The van der Waals surface area contributed by atoms with Gasteiger partial charge >= 0.3 is 0 Å². The Hall–Kier alpha value is -5.16. The van der Waals surface area contributed by atoms with Crippen LogP contribution in [0, 0.1) is 0 Å². The van der Waals surface area contributed by atoms with Crippen LogP contribution in [0.2, 0.25) is 0 Å². The van der Waals surface area contributed by atoms with E-state index in [4.69, 9.17) is 19.9 Å². The summed E-state index contributed by atoms with van der Waals surface area (Å²) >= 11 is 0. The van der Waals surface area contributed by atoms with Crippen molar-refractivity contribution in [2.24, 2.45) is 0 Å². The Morgan fingerprint density at radius 1 is 0.714 bits per heavy atom. The Kier molecular flexibility index (Phi) is 7.56. The number of rotatable bonds is 7. The molecule has 0 bridgehead atoms. The van der Waals surface area contributed by atoms with Crippen LogP contribution in [0.25, 0.3) is 56.9 Å². The van der Waals surface area contributed by atoms with Gasteiger partial charge in [-0.25, -0.2) is 19.9 Å². The van der Waals surface area contributed by atoms with Gasteiger partial charge in [0.15, 0.2) is 0 Å². The lowest BCUT2D eigenvalue weighted by molar-refractivity contribution is 0.973. The lowest BCUT2D eigenvalue weighted by atomic mass is 10.00. The summed E-state index contributed by atoms with van der Waals surface area (Å²) in [7, 11) is 0. The Labute approximate surface area is 247 Å². The maximum Gasteiger partial charge on any atom is 0.148 e. The second-order valence-corrected chi connectivity index (χ2v) is 10.3. The SMILES string of the molecule is C/C=C\c1c(CC)ncn2c(-c3ccccc3)c(-c3cccc(-c4cccc(/C(C)=C(/C)c5ccccc5)n4)n3)nc12. The van der Waals surface area contributed by atoms with Gasteiger partial charge in [-0.3, -0.25) is 4.40 Å². The highest BCUT2D eigenvalue weighted by molar-refractivity contribution is 5.88. The molecule has 0 atom stereocenters. The van der Waals surface area contributed by atoms with E-state index in [1.54, 1.807) is 0 Å². The third kappa shape index (κ3) is 5.06. The lowest BCUT2D eigenvalue weighted by Crippen LogP contribution is -1.99. The Bertz CT molecular complexity index is 1930. The van der Waals surface area contributed by atoms with Gasteiger partial charge in [-0.05, 0) is 68.2 Å². The van der Waals surface area contributed by atoms with Crippen molar-refractivity contribution in [2.75, 3.05) is 0 Å². The van der Waals surface area contributed by atoms with E-state index < -0.39 is 0 Å². The van der Waals surface area contributed by atoms with Gasteiger partial charge in [0.05, 0.1) is 34.2 Å². The summed E-state index contributed by atoms with van der Waals surface area (Å²) in [6, 6.07) is 33.0. The molecule has 6 aromatic rings. The zero-order chi connectivity index (χ0) is 29.1. The number of fused-ring (bicyclic) bond motifs is 1. The fourth-order valence-electron chi connectivity index (χ4n) is 5.32. The molecule has 6 rings (SSSR count). The van der Waals surface area contributed by atoms with E-state index in [9.17, 15) is 0 Å². The third-order valence-corrected chi connectivity index (χ3v) is 7.66. The summed E-state index contributed by atoms with van der Waals surface area (Å²) in [5.74, 6) is 0. The van der Waals surface area contributed by atoms with E-state index >= 15 is 0 Å². The molecule has 0 spiro atoms. The highest BCUT2D eigenvalue weighted by Crippen LogP contribution is 2.34. The summed E-state index contributed by atoms with van der Waals surface area (Å²) in [5, 5.41) is 0. The fourth-order valence-corrected chi connectivity index (χ4v) is 5.32. The maximum absolute atomic E-state index is 5.21. The van der Waals surface area contributed by atoms with Gasteiger partial charge < -0.3 is 0 Å². The molecule has 42 heavy (non-hydrogen) atoms. The Balaban J connectivity index is 1.50. The molecule has 0 aliphatic rings. The van der Waals surface area contributed by atoms with Gasteiger partial charge in [0.2, 0.25) is 0 Å². The molecule has 0 saturated heterocycles. The van der Waals surface area contributed by atoms with Crippen LogP contribution in [0.1, 0.15) is 50.2 Å². The molecular formula is C37H33N5. The van der Waals surface area contributed by atoms with Gasteiger partial charge in [0.1, 0.15) is 17.7 Å². The van der Waals surface area contributed by atoms with E-state index in [2.05, 4.69) is 79.8 Å². The van der Waals surface area contributed by atoms with Crippen molar-refractivity contribution in [3.8, 4) is 34.0 Å². The van der Waals surface area contributed by atoms with E-state index in [1.165, 1.54) is 11.1 Å². The third-order valence-electron chi connectivity index (χ3n) is 7.66. The van der Waals surface area contributed by atoms with Crippen LogP contribution < -0.4 is 0 Å². The van der Waals surface area contributed by atoms with E-state index in [-0.39, 0.29) is 0 Å². The first-order valence-electron chi connectivity index (χ1n) is 14.3. The summed E-state index contributed by atoms with van der Waals surface area (Å²) in [6.45, 7) is 8.42. The van der Waals surface area contributed by atoms with Crippen LogP contribution in [0.5, 0.6) is 0 Å². The van der Waals surface area contributed by atoms with E-state index in [0.717, 1.165) is 68.6 Å². The summed E-state index contributed by atoms with van der Waals surface area (Å²) in [5.41, 5.74) is 12.7. The highest BCUT2D eigenvalue weighted by Gasteiger charge is 2.20. The zero-order valence-corrected chi connectivity index (χ0v) is 24.4. The zero-order valence-electron chi connectivity index (χ0n) is 24.4. The molecule has 0 N–H and O–H groups in total. The average Bonchev–Trinajstić information content (AvgIpc) is 3.45. The summed E-state index contributed by atoms with van der Waals surface area (Å²) in [6.07, 6.45) is 6.85. The molecule has 0 aliphatic heterocycles. The van der Waals surface area contributed by atoms with Gasteiger partial charge in [0.25, 0.3) is 0 Å². The molecule has 5 nitrogen and oxygen atoms in total. The van der Waals surface area contributed by atoms with Gasteiger partial charge in [-0.1, -0.05) is 91.9 Å². The van der Waals surface area contributed by atoms with Crippen molar-refractivity contribution in [2.45, 2.75) is 34.1 Å². The second kappa shape index (κ2) is 11.8. The van der Waals surface area contributed by atoms with Crippen LogP contribution >= 0.6 is 0 Å². The molecule has 4 heterocycles. The molecule has 0 saturated carbocycles. The van der Waals surface area contributed by atoms with E-state index in [0.29, 0.717) is 0 Å². The second-order valence-electron chi connectivity index (χ2n) is 10.3. The van der Waals surface area contributed by atoms with Gasteiger partial charge in [-0.15, -0.1) is 0 Å². The highest BCUT2D eigenvalue weighted by atomic mass is 15.1. The smallest absolute Gasteiger partial charge is 0.148 e. The van der Waals surface area contributed by atoms with E-state index in [1.807, 2.05) is 67.9 Å². The average molecular weight is 548 g/mol. The van der Waals surface area contributed by atoms with Crippen molar-refractivity contribution in [3.05, 3.63) is 132 Å². The van der Waals surface area contributed by atoms with Gasteiger partial charge in [-0.2, -0.15) is 0 Å². The lowest BCUT2D eigenvalue weighted by Gasteiger charge is -2.10. The topological polar surface area (TPSA) is 56.0 Å². The van der Waals surface area contributed by atoms with Crippen molar-refractivity contribution < 1.29 is 0 Å². The Morgan fingerprint density at radius 3 is 2.10 bits per heavy atom. The van der Waals surface area contributed by atoms with Crippen LogP contribution in [-0.2, 0) is 6.42 Å². The predicted molar refractivity (Wildman–Crippen MR) is 174 cm³/mol. The van der Waals surface area contributed by atoms with Crippen molar-refractivity contribution in [3.63, 3.8) is 0 Å². The van der Waals surface area contributed by atoms with Crippen molar-refractivity contribution in [1.29, 1.82) is 0 Å². The monoisotopic (exact) mass is 547 g/mol. The number of pyridine rings is 2. The number of hydrogen-bond donors (Lipinski definition) is 0. The number of benzene rings is 2. The normalized spacial score (nSPS) is 12.2. The number of aryl methyl sites for hydroxylation is 1. The molecule has 0 amide bonds. The Morgan fingerprint density at radius 2 is 1.38 bits per heavy atom. The van der Waals surface area contributed by atoms with Crippen LogP contribution in [0.4, 0.5) is 0 Å². The molecule has 0 fully saturated rings. The minimum atomic E-state index is 0.791. The van der Waals surface area contributed by atoms with Crippen LogP contribution in [0.3, 0.4) is 0 Å². The van der Waals surface area contributed by atoms with Crippen LogP contribution in [-0.4, -0.2) is 24.3 Å². The first-order valence-corrected chi connectivity index (χ1v) is 14.3. The van der Waals surface area contributed by atoms with Crippen LogP contribution in [0.15, 0.2) is 109 Å². The number of imidazole rings is 1. The minimum absolute atomic E-state index is 0.791. The van der Waals surface area contributed by atoms with Gasteiger partial charge in [0, 0.05) is 11.1 Å². The molecule has 2 aromatic carbocycles. The standard InChI is InChI=1S/C37H33N5/c1-5-15-29-30(6-2)38-24-42-36(28-18-11-8-12-19-28)35(41-37(29)42)34-23-14-22-33(40-34)32-21-13-20-31(39-32)26(4)25(3)27-16-9-7-10-17-27/h5,7-24H,6H2,1-4H3/b15-5-,26-25-. The molecule has 0 aliphatic carbocycles. The molecule has 0 radical (unpaired) electrons. The molecule has 4 aromatic heterocycles. The number of hydrogen-bond acceptors (Lipinski definition) is 4. The first-order chi connectivity index (χ1) is 20.6. The maximum atomic E-state index is 5.21. The largest absolute Gasteiger partial charge is 0.282 e.